The maximum absolute atomic E-state index is 11.5. The predicted molar refractivity (Wildman–Crippen MR) is 62.0 cm³/mol. The molecule has 0 fully saturated rings. The summed E-state index contributed by atoms with van der Waals surface area (Å²) in [6.45, 7) is 0. The zero-order valence-electron chi connectivity index (χ0n) is 8.38. The van der Waals surface area contributed by atoms with Gasteiger partial charge in [-0.05, 0) is 6.07 Å². The predicted octanol–water partition coefficient (Wildman–Crippen LogP) is 2.00. The van der Waals surface area contributed by atoms with Crippen molar-refractivity contribution >= 4 is 17.3 Å². The van der Waals surface area contributed by atoms with Gasteiger partial charge >= 0.3 is 0 Å². The highest BCUT2D eigenvalue weighted by atomic mass is 35.5. The molecule has 86 valence electrons. The number of nitro benzene ring substituents is 1. The first-order valence-electron chi connectivity index (χ1n) is 4.57. The molecule has 2 rings (SSSR count). The number of nitrogens with zero attached hydrogens (tertiary/aromatic N) is 2. The van der Waals surface area contributed by atoms with Gasteiger partial charge in [0.1, 0.15) is 10.7 Å². The molecule has 0 amide bonds. The Hall–Kier alpha value is -2.21. The van der Waals surface area contributed by atoms with E-state index in [1.807, 2.05) is 0 Å². The van der Waals surface area contributed by atoms with E-state index in [0.717, 1.165) is 0 Å². The van der Waals surface area contributed by atoms with Crippen LogP contribution in [-0.2, 0) is 0 Å². The van der Waals surface area contributed by atoms with Crippen molar-refractivity contribution < 1.29 is 4.92 Å². The number of aromatic amines is 1. The van der Waals surface area contributed by atoms with Gasteiger partial charge in [-0.15, -0.1) is 0 Å². The number of hydrogen-bond acceptors (Lipinski definition) is 4. The normalized spacial score (nSPS) is 10.2. The van der Waals surface area contributed by atoms with Gasteiger partial charge in [-0.2, -0.15) is 0 Å². The molecule has 0 bridgehead atoms. The Kier molecular flexibility index (Phi) is 2.88. The van der Waals surface area contributed by atoms with Crippen LogP contribution in [0.5, 0.6) is 0 Å². The Labute approximate surface area is 100 Å². The van der Waals surface area contributed by atoms with Gasteiger partial charge in [-0.1, -0.05) is 17.7 Å². The first kappa shape index (κ1) is 11.3. The van der Waals surface area contributed by atoms with Crippen LogP contribution < -0.4 is 5.56 Å². The van der Waals surface area contributed by atoms with Crippen LogP contribution in [0.4, 0.5) is 5.69 Å². The molecule has 1 aromatic heterocycles. The fraction of sp³-hybridized carbons (Fsp3) is 0. The largest absolute Gasteiger partial charge is 0.326 e. The SMILES string of the molecule is O=c1[nH]ccnc1-c1ccc(Cl)c([N+](=O)[O-])c1. The second kappa shape index (κ2) is 4.34. The van der Waals surface area contributed by atoms with Crippen LogP contribution in [0.3, 0.4) is 0 Å². The molecule has 0 aliphatic rings. The van der Waals surface area contributed by atoms with Gasteiger partial charge in [0.25, 0.3) is 11.2 Å². The summed E-state index contributed by atoms with van der Waals surface area (Å²) in [6.07, 6.45) is 2.79. The number of nitrogens with one attached hydrogen (secondary N) is 1. The first-order chi connectivity index (χ1) is 8.09. The zero-order chi connectivity index (χ0) is 12.4. The van der Waals surface area contributed by atoms with Crippen LogP contribution in [0, 0.1) is 10.1 Å². The minimum absolute atomic E-state index is 0.0195. The van der Waals surface area contributed by atoms with Crippen molar-refractivity contribution in [2.75, 3.05) is 0 Å². The Morgan fingerprint density at radius 2 is 2.18 bits per heavy atom. The second-order valence-corrected chi connectivity index (χ2v) is 3.60. The van der Waals surface area contributed by atoms with Gasteiger partial charge in [0.2, 0.25) is 0 Å². The van der Waals surface area contributed by atoms with E-state index in [1.54, 1.807) is 0 Å². The Bertz CT molecular complexity index is 639. The lowest BCUT2D eigenvalue weighted by Crippen LogP contribution is -2.09. The molecule has 1 N–H and O–H groups in total. The Balaban J connectivity index is 2.62. The average Bonchev–Trinajstić information content (AvgIpc) is 2.30. The summed E-state index contributed by atoms with van der Waals surface area (Å²) >= 11 is 5.67. The molecule has 0 spiro atoms. The van der Waals surface area contributed by atoms with E-state index in [1.165, 1.54) is 30.6 Å². The van der Waals surface area contributed by atoms with Crippen LogP contribution in [0.2, 0.25) is 5.02 Å². The number of benzene rings is 1. The fourth-order valence-electron chi connectivity index (χ4n) is 1.36. The summed E-state index contributed by atoms with van der Waals surface area (Å²) in [5.41, 5.74) is -0.200. The molecular weight excluding hydrogens is 246 g/mol. The molecule has 2 aromatic rings. The Morgan fingerprint density at radius 1 is 1.41 bits per heavy atom. The average molecular weight is 252 g/mol. The third-order valence-electron chi connectivity index (χ3n) is 2.12. The topological polar surface area (TPSA) is 88.9 Å². The number of H-pyrrole nitrogens is 1. The molecule has 0 radical (unpaired) electrons. The highest BCUT2D eigenvalue weighted by Gasteiger charge is 2.15. The summed E-state index contributed by atoms with van der Waals surface area (Å²) in [6, 6.07) is 4.09. The van der Waals surface area contributed by atoms with Gasteiger partial charge in [0, 0.05) is 24.0 Å². The Morgan fingerprint density at radius 3 is 2.82 bits per heavy atom. The lowest BCUT2D eigenvalue weighted by Gasteiger charge is -2.00. The van der Waals surface area contributed by atoms with Crippen molar-refractivity contribution in [3.8, 4) is 11.3 Å². The number of rotatable bonds is 2. The second-order valence-electron chi connectivity index (χ2n) is 3.19. The molecule has 7 heteroatoms. The van der Waals surface area contributed by atoms with Crippen LogP contribution >= 0.6 is 11.6 Å². The first-order valence-corrected chi connectivity index (χ1v) is 4.95. The quantitative estimate of drug-likeness (QED) is 0.653. The van der Waals surface area contributed by atoms with Gasteiger partial charge in [0.15, 0.2) is 0 Å². The van der Waals surface area contributed by atoms with Gasteiger partial charge < -0.3 is 4.98 Å². The lowest BCUT2D eigenvalue weighted by atomic mass is 10.1. The minimum atomic E-state index is -0.608. The summed E-state index contributed by atoms with van der Waals surface area (Å²) in [5.74, 6) is 0. The molecule has 6 nitrogen and oxygen atoms in total. The standard InChI is InChI=1S/C10H6ClN3O3/c11-7-2-1-6(5-8(7)14(16)17)9-10(15)13-4-3-12-9/h1-5H,(H,13,15). The van der Waals surface area contributed by atoms with E-state index < -0.39 is 10.5 Å². The number of nitro groups is 1. The van der Waals surface area contributed by atoms with Gasteiger partial charge in [-0.3, -0.25) is 14.9 Å². The molecule has 17 heavy (non-hydrogen) atoms. The number of hydrogen-bond donors (Lipinski definition) is 1. The van der Waals surface area contributed by atoms with Crippen molar-refractivity contribution in [2.45, 2.75) is 0 Å². The highest BCUT2D eigenvalue weighted by Crippen LogP contribution is 2.28. The van der Waals surface area contributed by atoms with Crippen LogP contribution in [-0.4, -0.2) is 14.9 Å². The monoisotopic (exact) mass is 251 g/mol. The molecule has 0 saturated carbocycles. The molecule has 0 aliphatic carbocycles. The van der Waals surface area contributed by atoms with Crippen molar-refractivity contribution in [2.24, 2.45) is 0 Å². The van der Waals surface area contributed by atoms with E-state index in [-0.39, 0.29) is 16.4 Å². The maximum Gasteiger partial charge on any atom is 0.288 e. The molecule has 0 aliphatic heterocycles. The molecule has 1 heterocycles. The van der Waals surface area contributed by atoms with Crippen molar-refractivity contribution in [1.82, 2.24) is 9.97 Å². The van der Waals surface area contributed by atoms with Crippen LogP contribution in [0.15, 0.2) is 35.4 Å². The van der Waals surface area contributed by atoms with Crippen molar-refractivity contribution in [3.63, 3.8) is 0 Å². The van der Waals surface area contributed by atoms with Crippen LogP contribution in [0.25, 0.3) is 11.3 Å². The molecule has 0 saturated heterocycles. The highest BCUT2D eigenvalue weighted by molar-refractivity contribution is 6.32. The maximum atomic E-state index is 11.5. The van der Waals surface area contributed by atoms with Gasteiger partial charge in [0.05, 0.1) is 4.92 Å². The smallest absolute Gasteiger partial charge is 0.288 e. The summed E-state index contributed by atoms with van der Waals surface area (Å²) in [4.78, 5) is 27.9. The van der Waals surface area contributed by atoms with E-state index in [0.29, 0.717) is 5.56 Å². The van der Waals surface area contributed by atoms with E-state index in [4.69, 9.17) is 11.6 Å². The van der Waals surface area contributed by atoms with E-state index in [9.17, 15) is 14.9 Å². The lowest BCUT2D eigenvalue weighted by molar-refractivity contribution is -0.384. The third-order valence-corrected chi connectivity index (χ3v) is 2.44. The minimum Gasteiger partial charge on any atom is -0.326 e. The molecular formula is C10H6ClN3O3. The van der Waals surface area contributed by atoms with Gasteiger partial charge in [-0.25, -0.2) is 4.98 Å². The number of aromatic nitrogens is 2. The van der Waals surface area contributed by atoms with Crippen LogP contribution in [0.1, 0.15) is 0 Å². The summed E-state index contributed by atoms with van der Waals surface area (Å²) in [5, 5.41) is 10.7. The van der Waals surface area contributed by atoms with Crippen molar-refractivity contribution in [3.05, 3.63) is 56.1 Å². The molecule has 1 aromatic carbocycles. The zero-order valence-corrected chi connectivity index (χ0v) is 9.14. The molecule has 0 atom stereocenters. The van der Waals surface area contributed by atoms with Crippen molar-refractivity contribution in [1.29, 1.82) is 0 Å². The van der Waals surface area contributed by atoms with E-state index >= 15 is 0 Å². The fourth-order valence-corrected chi connectivity index (χ4v) is 1.54. The van der Waals surface area contributed by atoms with E-state index in [2.05, 4.69) is 9.97 Å². The summed E-state index contributed by atoms with van der Waals surface area (Å²) in [7, 11) is 0. The summed E-state index contributed by atoms with van der Waals surface area (Å²) < 4.78 is 0. The third kappa shape index (κ3) is 2.16. The number of halogens is 1. The molecule has 0 unspecified atom stereocenters.